The summed E-state index contributed by atoms with van der Waals surface area (Å²) in [6.45, 7) is 1.99. The van der Waals surface area contributed by atoms with Crippen LogP contribution in [-0.2, 0) is 0 Å². The van der Waals surface area contributed by atoms with Gasteiger partial charge in [-0.2, -0.15) is 0 Å². The molecule has 88 valence electrons. The minimum atomic E-state index is -0.404. The summed E-state index contributed by atoms with van der Waals surface area (Å²) < 4.78 is 5.28. The molecule has 3 heteroatoms. The van der Waals surface area contributed by atoms with Crippen molar-refractivity contribution in [2.45, 2.75) is 18.9 Å². The Kier molecular flexibility index (Phi) is 3.80. The summed E-state index contributed by atoms with van der Waals surface area (Å²) in [5, 5.41) is 13.7. The van der Waals surface area contributed by atoms with E-state index < -0.39 is 6.10 Å². The molecule has 1 unspecified atom stereocenters. The van der Waals surface area contributed by atoms with Gasteiger partial charge in [-0.1, -0.05) is 18.2 Å². The molecule has 1 atom stereocenters. The van der Waals surface area contributed by atoms with Gasteiger partial charge in [0.25, 0.3) is 0 Å². The number of hydrogen-bond acceptors (Lipinski definition) is 3. The van der Waals surface area contributed by atoms with Crippen LogP contribution in [0, 0.1) is 5.92 Å². The summed E-state index contributed by atoms with van der Waals surface area (Å²) in [6, 6.07) is 7.73. The van der Waals surface area contributed by atoms with Gasteiger partial charge in [-0.15, -0.1) is 0 Å². The van der Waals surface area contributed by atoms with Gasteiger partial charge in [-0.3, -0.25) is 0 Å². The van der Waals surface area contributed by atoms with Crippen molar-refractivity contribution in [1.82, 2.24) is 5.32 Å². The Hall–Kier alpha value is -1.06. The number of aliphatic hydroxyl groups is 1. The number of aliphatic hydroxyl groups excluding tert-OH is 1. The van der Waals surface area contributed by atoms with Crippen LogP contribution in [0.5, 0.6) is 5.75 Å². The molecule has 16 heavy (non-hydrogen) atoms. The molecule has 0 radical (unpaired) electrons. The zero-order valence-electron chi connectivity index (χ0n) is 9.65. The van der Waals surface area contributed by atoms with E-state index in [-0.39, 0.29) is 0 Å². The van der Waals surface area contributed by atoms with E-state index in [1.807, 2.05) is 24.3 Å². The second-order valence-corrected chi connectivity index (χ2v) is 4.27. The van der Waals surface area contributed by atoms with E-state index >= 15 is 0 Å². The van der Waals surface area contributed by atoms with Gasteiger partial charge in [0.1, 0.15) is 5.75 Å². The van der Waals surface area contributed by atoms with Crippen molar-refractivity contribution in [3.8, 4) is 5.75 Å². The molecule has 0 amide bonds. The van der Waals surface area contributed by atoms with Gasteiger partial charge in [0.05, 0.1) is 13.2 Å². The number of rotatable bonds is 3. The van der Waals surface area contributed by atoms with Crippen LogP contribution in [-0.4, -0.2) is 25.3 Å². The largest absolute Gasteiger partial charge is 0.496 e. The molecule has 1 fully saturated rings. The van der Waals surface area contributed by atoms with Crippen molar-refractivity contribution in [3.63, 3.8) is 0 Å². The van der Waals surface area contributed by atoms with Crippen molar-refractivity contribution in [2.75, 3.05) is 20.2 Å². The monoisotopic (exact) mass is 221 g/mol. The number of para-hydroxylation sites is 1. The average Bonchev–Trinajstić information content (AvgIpc) is 2.39. The summed E-state index contributed by atoms with van der Waals surface area (Å²) in [5.41, 5.74) is 0.914. The molecule has 3 nitrogen and oxygen atoms in total. The number of ether oxygens (including phenoxy) is 1. The molecular weight excluding hydrogens is 202 g/mol. The third-order valence-corrected chi connectivity index (χ3v) is 3.29. The lowest BCUT2D eigenvalue weighted by atomic mass is 9.88. The highest BCUT2D eigenvalue weighted by Gasteiger charge is 2.24. The summed E-state index contributed by atoms with van der Waals surface area (Å²) >= 11 is 0. The summed E-state index contributed by atoms with van der Waals surface area (Å²) in [5.74, 6) is 1.13. The van der Waals surface area contributed by atoms with Gasteiger partial charge >= 0.3 is 0 Å². The zero-order valence-corrected chi connectivity index (χ0v) is 9.65. The van der Waals surface area contributed by atoms with E-state index in [0.717, 1.165) is 37.2 Å². The van der Waals surface area contributed by atoms with Crippen LogP contribution >= 0.6 is 0 Å². The molecule has 0 aromatic heterocycles. The zero-order chi connectivity index (χ0) is 11.4. The first-order chi connectivity index (χ1) is 7.83. The molecule has 1 aromatic carbocycles. The highest BCUT2D eigenvalue weighted by atomic mass is 16.5. The van der Waals surface area contributed by atoms with Crippen LogP contribution in [0.3, 0.4) is 0 Å². The Labute approximate surface area is 96.4 Å². The first-order valence-electron chi connectivity index (χ1n) is 5.84. The summed E-state index contributed by atoms with van der Waals surface area (Å²) in [7, 11) is 1.65. The topological polar surface area (TPSA) is 41.5 Å². The summed E-state index contributed by atoms with van der Waals surface area (Å²) in [6.07, 6.45) is 1.65. The maximum absolute atomic E-state index is 10.3. The Morgan fingerprint density at radius 2 is 2.00 bits per heavy atom. The first-order valence-corrected chi connectivity index (χ1v) is 5.84. The highest BCUT2D eigenvalue weighted by molar-refractivity contribution is 5.35. The van der Waals surface area contributed by atoms with E-state index in [1.54, 1.807) is 7.11 Å². The Balaban J connectivity index is 2.15. The quantitative estimate of drug-likeness (QED) is 0.816. The predicted molar refractivity (Wildman–Crippen MR) is 63.5 cm³/mol. The molecule has 2 N–H and O–H groups in total. The fourth-order valence-electron chi connectivity index (χ4n) is 2.32. The van der Waals surface area contributed by atoms with Gasteiger partial charge in [0, 0.05) is 5.56 Å². The third kappa shape index (κ3) is 2.36. The second kappa shape index (κ2) is 5.32. The molecule has 1 heterocycles. The van der Waals surface area contributed by atoms with Crippen LogP contribution in [0.1, 0.15) is 24.5 Å². The van der Waals surface area contributed by atoms with Gasteiger partial charge in [-0.05, 0) is 37.9 Å². The minimum Gasteiger partial charge on any atom is -0.496 e. The standard InChI is InChI=1S/C13H19NO2/c1-16-12-5-3-2-4-11(12)13(15)10-6-8-14-9-7-10/h2-5,10,13-15H,6-9H2,1H3. The van der Waals surface area contributed by atoms with Crippen molar-refractivity contribution >= 4 is 0 Å². The predicted octanol–water partition coefficient (Wildman–Crippen LogP) is 1.73. The van der Waals surface area contributed by atoms with E-state index in [1.165, 1.54) is 0 Å². The highest BCUT2D eigenvalue weighted by Crippen LogP contribution is 2.33. The lowest BCUT2D eigenvalue weighted by Crippen LogP contribution is -2.30. The van der Waals surface area contributed by atoms with E-state index in [2.05, 4.69) is 5.32 Å². The normalized spacial score (nSPS) is 19.4. The van der Waals surface area contributed by atoms with Gasteiger partial charge in [-0.25, -0.2) is 0 Å². The van der Waals surface area contributed by atoms with Crippen LogP contribution in [0.15, 0.2) is 24.3 Å². The van der Waals surface area contributed by atoms with Crippen LogP contribution in [0.25, 0.3) is 0 Å². The lowest BCUT2D eigenvalue weighted by Gasteiger charge is -2.28. The van der Waals surface area contributed by atoms with Gasteiger partial charge in [0.15, 0.2) is 0 Å². The van der Waals surface area contributed by atoms with Crippen LogP contribution < -0.4 is 10.1 Å². The maximum atomic E-state index is 10.3. The molecule has 2 rings (SSSR count). The van der Waals surface area contributed by atoms with E-state index in [9.17, 15) is 5.11 Å². The number of nitrogens with one attached hydrogen (secondary N) is 1. The third-order valence-electron chi connectivity index (χ3n) is 3.29. The number of benzene rings is 1. The van der Waals surface area contributed by atoms with E-state index in [4.69, 9.17) is 4.74 Å². The maximum Gasteiger partial charge on any atom is 0.124 e. The Morgan fingerprint density at radius 3 is 2.69 bits per heavy atom. The van der Waals surface area contributed by atoms with Crippen molar-refractivity contribution in [1.29, 1.82) is 0 Å². The van der Waals surface area contributed by atoms with Crippen molar-refractivity contribution in [2.24, 2.45) is 5.92 Å². The smallest absolute Gasteiger partial charge is 0.124 e. The lowest BCUT2D eigenvalue weighted by molar-refractivity contribution is 0.0865. The molecule has 0 aliphatic carbocycles. The van der Waals surface area contributed by atoms with Gasteiger partial charge in [0.2, 0.25) is 0 Å². The Morgan fingerprint density at radius 1 is 1.31 bits per heavy atom. The molecule has 1 aliphatic heterocycles. The van der Waals surface area contributed by atoms with Crippen molar-refractivity contribution in [3.05, 3.63) is 29.8 Å². The molecule has 1 saturated heterocycles. The molecular formula is C13H19NO2. The average molecular weight is 221 g/mol. The van der Waals surface area contributed by atoms with Crippen LogP contribution in [0.2, 0.25) is 0 Å². The minimum absolute atomic E-state index is 0.345. The molecule has 1 aromatic rings. The Bertz CT molecular complexity index is 334. The number of methoxy groups -OCH3 is 1. The van der Waals surface area contributed by atoms with Crippen LogP contribution in [0.4, 0.5) is 0 Å². The summed E-state index contributed by atoms with van der Waals surface area (Å²) in [4.78, 5) is 0. The molecule has 0 saturated carbocycles. The fraction of sp³-hybridized carbons (Fsp3) is 0.538. The molecule has 0 spiro atoms. The van der Waals surface area contributed by atoms with Gasteiger partial charge < -0.3 is 15.2 Å². The molecule has 0 bridgehead atoms. The number of hydrogen-bond donors (Lipinski definition) is 2. The van der Waals surface area contributed by atoms with E-state index in [0.29, 0.717) is 5.92 Å². The number of piperidine rings is 1. The molecule has 1 aliphatic rings. The van der Waals surface area contributed by atoms with Crippen molar-refractivity contribution < 1.29 is 9.84 Å². The first kappa shape index (κ1) is 11.4. The fourth-order valence-corrected chi connectivity index (χ4v) is 2.32. The second-order valence-electron chi connectivity index (χ2n) is 4.27. The SMILES string of the molecule is COc1ccccc1C(O)C1CCNCC1.